The van der Waals surface area contributed by atoms with E-state index >= 15 is 0 Å². The van der Waals surface area contributed by atoms with Crippen LogP contribution in [0.2, 0.25) is 5.02 Å². The maximum Gasteiger partial charge on any atom is 0.312 e. The summed E-state index contributed by atoms with van der Waals surface area (Å²) in [4.78, 5) is 11.9. The zero-order chi connectivity index (χ0) is 16.1. The Hall–Kier alpha value is -1.52. The molecule has 0 unspecified atom stereocenters. The van der Waals surface area contributed by atoms with Gasteiger partial charge in [0.15, 0.2) is 0 Å². The summed E-state index contributed by atoms with van der Waals surface area (Å²) >= 11 is 11.8. The zero-order valence-electron chi connectivity index (χ0n) is 12.6. The van der Waals surface area contributed by atoms with E-state index in [9.17, 15) is 4.79 Å². The van der Waals surface area contributed by atoms with Gasteiger partial charge in [0.25, 0.3) is 0 Å². The summed E-state index contributed by atoms with van der Waals surface area (Å²) in [5.41, 5.74) is 1.51. The number of hydrogen-bond acceptors (Lipinski definition) is 3. The molecule has 0 spiro atoms. The largest absolute Gasteiger partial charge is 0.407 e. The van der Waals surface area contributed by atoms with Crippen LogP contribution in [-0.2, 0) is 4.79 Å². The predicted octanol–water partition coefficient (Wildman–Crippen LogP) is 4.57. The molecule has 0 aliphatic carbocycles. The SMILES string of the molecule is CC(C)c1cc(OC(=O)CCCCl)n(-c2ccccc2Cl)n1. The van der Waals surface area contributed by atoms with Gasteiger partial charge in [0, 0.05) is 18.4 Å². The summed E-state index contributed by atoms with van der Waals surface area (Å²) in [6, 6.07) is 9.07. The average molecular weight is 341 g/mol. The van der Waals surface area contributed by atoms with Gasteiger partial charge in [0.2, 0.25) is 5.88 Å². The number of aromatic nitrogens is 2. The van der Waals surface area contributed by atoms with Crippen molar-refractivity contribution >= 4 is 29.2 Å². The van der Waals surface area contributed by atoms with Gasteiger partial charge in [-0.1, -0.05) is 37.6 Å². The maximum absolute atomic E-state index is 11.9. The molecular weight excluding hydrogens is 323 g/mol. The summed E-state index contributed by atoms with van der Waals surface area (Å²) in [5, 5.41) is 5.04. The molecule has 1 aromatic carbocycles. The Morgan fingerprint density at radius 3 is 2.73 bits per heavy atom. The van der Waals surface area contributed by atoms with Crippen LogP contribution in [0.5, 0.6) is 5.88 Å². The molecule has 0 radical (unpaired) electrons. The third-order valence-electron chi connectivity index (χ3n) is 3.10. The maximum atomic E-state index is 11.9. The van der Waals surface area contributed by atoms with Crippen LogP contribution in [0.25, 0.3) is 5.69 Å². The zero-order valence-corrected chi connectivity index (χ0v) is 14.1. The molecule has 1 aromatic heterocycles. The van der Waals surface area contributed by atoms with Crippen molar-refractivity contribution < 1.29 is 9.53 Å². The first kappa shape index (κ1) is 16.8. The van der Waals surface area contributed by atoms with E-state index in [1.54, 1.807) is 16.8 Å². The van der Waals surface area contributed by atoms with Crippen LogP contribution < -0.4 is 4.74 Å². The van der Waals surface area contributed by atoms with E-state index in [0.717, 1.165) is 5.69 Å². The van der Waals surface area contributed by atoms with Crippen LogP contribution in [0.4, 0.5) is 0 Å². The second kappa shape index (κ2) is 7.65. The lowest BCUT2D eigenvalue weighted by Crippen LogP contribution is -2.11. The van der Waals surface area contributed by atoms with Crippen LogP contribution in [0.15, 0.2) is 30.3 Å². The highest BCUT2D eigenvalue weighted by molar-refractivity contribution is 6.32. The van der Waals surface area contributed by atoms with Crippen molar-refractivity contribution in [3.63, 3.8) is 0 Å². The van der Waals surface area contributed by atoms with Crippen LogP contribution in [0.3, 0.4) is 0 Å². The van der Waals surface area contributed by atoms with Crippen molar-refractivity contribution in [2.45, 2.75) is 32.6 Å². The summed E-state index contributed by atoms with van der Waals surface area (Å²) < 4.78 is 7.00. The van der Waals surface area contributed by atoms with E-state index in [-0.39, 0.29) is 18.3 Å². The third kappa shape index (κ3) is 4.02. The molecule has 0 saturated heterocycles. The minimum Gasteiger partial charge on any atom is -0.407 e. The molecule has 0 aliphatic heterocycles. The summed E-state index contributed by atoms with van der Waals surface area (Å²) in [6.07, 6.45) is 0.853. The number of hydrogen-bond donors (Lipinski definition) is 0. The Balaban J connectivity index is 2.36. The first-order valence-electron chi connectivity index (χ1n) is 7.14. The van der Waals surface area contributed by atoms with E-state index in [4.69, 9.17) is 27.9 Å². The Labute approximate surface area is 140 Å². The summed E-state index contributed by atoms with van der Waals surface area (Å²) in [5.74, 6) is 0.681. The van der Waals surface area contributed by atoms with Crippen molar-refractivity contribution in [3.8, 4) is 11.6 Å². The molecule has 118 valence electrons. The highest BCUT2D eigenvalue weighted by atomic mass is 35.5. The van der Waals surface area contributed by atoms with E-state index in [1.165, 1.54) is 0 Å². The van der Waals surface area contributed by atoms with Gasteiger partial charge in [-0.2, -0.15) is 9.78 Å². The highest BCUT2D eigenvalue weighted by Gasteiger charge is 2.17. The first-order valence-corrected chi connectivity index (χ1v) is 8.05. The molecule has 2 rings (SSSR count). The van der Waals surface area contributed by atoms with Gasteiger partial charge in [-0.05, 0) is 24.5 Å². The number of ether oxygens (including phenoxy) is 1. The third-order valence-corrected chi connectivity index (χ3v) is 3.69. The van der Waals surface area contributed by atoms with Gasteiger partial charge in [-0.25, -0.2) is 0 Å². The van der Waals surface area contributed by atoms with E-state index in [0.29, 0.717) is 28.9 Å². The van der Waals surface area contributed by atoms with Crippen molar-refractivity contribution in [2.24, 2.45) is 0 Å². The van der Waals surface area contributed by atoms with E-state index in [2.05, 4.69) is 5.10 Å². The first-order chi connectivity index (χ1) is 10.5. The molecule has 0 fully saturated rings. The molecule has 0 saturated carbocycles. The molecule has 2 aromatic rings. The second-order valence-electron chi connectivity index (χ2n) is 5.19. The fourth-order valence-electron chi connectivity index (χ4n) is 1.91. The van der Waals surface area contributed by atoms with Crippen LogP contribution in [-0.4, -0.2) is 21.6 Å². The number of benzene rings is 1. The van der Waals surface area contributed by atoms with Gasteiger partial charge in [0.05, 0.1) is 16.4 Å². The van der Waals surface area contributed by atoms with Crippen molar-refractivity contribution in [2.75, 3.05) is 5.88 Å². The number of rotatable bonds is 6. The Kier molecular flexibility index (Phi) is 5.86. The topological polar surface area (TPSA) is 44.1 Å². The fraction of sp³-hybridized carbons (Fsp3) is 0.375. The quantitative estimate of drug-likeness (QED) is 0.571. The lowest BCUT2D eigenvalue weighted by Gasteiger charge is -2.09. The molecule has 0 aliphatic rings. The summed E-state index contributed by atoms with van der Waals surface area (Å²) in [7, 11) is 0. The van der Waals surface area contributed by atoms with Gasteiger partial charge < -0.3 is 4.74 Å². The predicted molar refractivity (Wildman–Crippen MR) is 88.3 cm³/mol. The average Bonchev–Trinajstić information content (AvgIpc) is 2.89. The number of carbonyl (C=O) groups excluding carboxylic acids is 1. The molecule has 0 amide bonds. The lowest BCUT2D eigenvalue weighted by atomic mass is 10.1. The molecule has 4 nitrogen and oxygen atoms in total. The van der Waals surface area contributed by atoms with Gasteiger partial charge >= 0.3 is 5.97 Å². The normalized spacial score (nSPS) is 11.0. The summed E-state index contributed by atoms with van der Waals surface area (Å²) in [6.45, 7) is 4.05. The van der Waals surface area contributed by atoms with Crippen molar-refractivity contribution in [1.82, 2.24) is 9.78 Å². The number of alkyl halides is 1. The molecular formula is C16H18Cl2N2O2. The number of halogens is 2. The highest BCUT2D eigenvalue weighted by Crippen LogP contribution is 2.28. The number of nitrogens with zero attached hydrogens (tertiary/aromatic N) is 2. The van der Waals surface area contributed by atoms with Gasteiger partial charge in [0.1, 0.15) is 0 Å². The number of carbonyl (C=O) groups is 1. The Morgan fingerprint density at radius 2 is 2.09 bits per heavy atom. The van der Waals surface area contributed by atoms with Crippen molar-refractivity contribution in [3.05, 3.63) is 41.0 Å². The van der Waals surface area contributed by atoms with Crippen LogP contribution >= 0.6 is 23.2 Å². The molecule has 0 bridgehead atoms. The molecule has 1 heterocycles. The minimum atomic E-state index is -0.329. The monoisotopic (exact) mass is 340 g/mol. The van der Waals surface area contributed by atoms with E-state index in [1.807, 2.05) is 32.0 Å². The van der Waals surface area contributed by atoms with E-state index < -0.39 is 0 Å². The van der Waals surface area contributed by atoms with Crippen LogP contribution in [0.1, 0.15) is 38.3 Å². The molecule has 0 atom stereocenters. The van der Waals surface area contributed by atoms with Gasteiger partial charge in [-0.3, -0.25) is 4.79 Å². The molecule has 22 heavy (non-hydrogen) atoms. The minimum absolute atomic E-state index is 0.212. The van der Waals surface area contributed by atoms with Crippen LogP contribution in [0, 0.1) is 0 Å². The smallest absolute Gasteiger partial charge is 0.312 e. The lowest BCUT2D eigenvalue weighted by molar-refractivity contribution is -0.134. The number of para-hydroxylation sites is 1. The Morgan fingerprint density at radius 1 is 1.36 bits per heavy atom. The Bertz CT molecular complexity index is 653. The van der Waals surface area contributed by atoms with Crippen molar-refractivity contribution in [1.29, 1.82) is 0 Å². The van der Waals surface area contributed by atoms with Gasteiger partial charge in [-0.15, -0.1) is 11.6 Å². The molecule has 0 N–H and O–H groups in total. The number of esters is 1. The standard InChI is InChI=1S/C16H18Cl2N2O2/c1-11(2)13-10-15(22-16(21)8-5-9-17)20(19-13)14-7-4-3-6-12(14)18/h3-4,6-7,10-11H,5,8-9H2,1-2H3. The second-order valence-corrected chi connectivity index (χ2v) is 5.98. The molecule has 6 heteroatoms. The fourth-order valence-corrected chi connectivity index (χ4v) is 2.26.